The van der Waals surface area contributed by atoms with Crippen molar-refractivity contribution in [3.8, 4) is 0 Å². The normalized spacial score (nSPS) is 11.0. The molecule has 2 aromatic rings. The van der Waals surface area contributed by atoms with Gasteiger partial charge >= 0.3 is 0 Å². The van der Waals surface area contributed by atoms with E-state index in [4.69, 9.17) is 0 Å². The number of pyridine rings is 1. The van der Waals surface area contributed by atoms with Crippen LogP contribution < -0.4 is 5.32 Å². The van der Waals surface area contributed by atoms with Crippen molar-refractivity contribution >= 4 is 21.7 Å². The Labute approximate surface area is 115 Å². The molecule has 1 N–H and O–H groups in total. The predicted molar refractivity (Wildman–Crippen MR) is 67.5 cm³/mol. The summed E-state index contributed by atoms with van der Waals surface area (Å²) in [4.78, 5) is 3.56. The Kier molecular flexibility index (Phi) is 4.41. The summed E-state index contributed by atoms with van der Waals surface area (Å²) in [6.07, 6.45) is 0.333. The van der Waals surface area contributed by atoms with Crippen molar-refractivity contribution in [3.63, 3.8) is 0 Å². The monoisotopic (exact) mass is 334 g/mol. The molecule has 0 spiro atoms. The maximum absolute atomic E-state index is 13.4. The number of hydrogen-bond acceptors (Lipinski definition) is 3. The van der Waals surface area contributed by atoms with E-state index in [1.165, 1.54) is 12.4 Å². The molecule has 102 valence electrons. The largest absolute Gasteiger partial charge is 0.364 e. The van der Waals surface area contributed by atoms with Gasteiger partial charge in [0.1, 0.15) is 12.4 Å². The van der Waals surface area contributed by atoms with E-state index in [1.807, 2.05) is 0 Å². The smallest absolute Gasteiger partial charge is 0.257 e. The number of alkyl halides is 2. The number of hydrogen-bond donors (Lipinski definition) is 1. The number of nitrogens with zero attached hydrogens (tertiary/aromatic N) is 3. The lowest BCUT2D eigenvalue weighted by Crippen LogP contribution is -2.08. The molecule has 0 aliphatic carbocycles. The molecule has 0 aromatic carbocycles. The summed E-state index contributed by atoms with van der Waals surface area (Å²) < 4.78 is 39.4. The van der Waals surface area contributed by atoms with Gasteiger partial charge in [-0.15, -0.1) is 0 Å². The lowest BCUT2D eigenvalue weighted by atomic mass is 10.3. The molecule has 0 aliphatic heterocycles. The maximum atomic E-state index is 13.4. The van der Waals surface area contributed by atoms with Gasteiger partial charge in [0.2, 0.25) is 5.95 Å². The fraction of sp³-hybridized carbons (Fsp3) is 0.273. The molecule has 2 heterocycles. The van der Waals surface area contributed by atoms with Gasteiger partial charge in [0, 0.05) is 35.0 Å². The molecular formula is C11H10BrF3N4. The summed E-state index contributed by atoms with van der Waals surface area (Å²) in [5.74, 6) is -0.178. The third-order valence-electron chi connectivity index (χ3n) is 2.30. The number of aromatic nitrogens is 3. The summed E-state index contributed by atoms with van der Waals surface area (Å²) in [6, 6.07) is 3.14. The van der Waals surface area contributed by atoms with Crippen molar-refractivity contribution < 1.29 is 13.2 Å². The van der Waals surface area contributed by atoms with Crippen LogP contribution in [0.1, 0.15) is 5.56 Å². The summed E-state index contributed by atoms with van der Waals surface area (Å²) in [6.45, 7) is -0.293. The Morgan fingerprint density at radius 3 is 2.95 bits per heavy atom. The Hall–Kier alpha value is -1.57. The zero-order valence-corrected chi connectivity index (χ0v) is 11.2. The van der Waals surface area contributed by atoms with Crippen molar-refractivity contribution in [1.29, 1.82) is 0 Å². The fourth-order valence-electron chi connectivity index (χ4n) is 1.47. The van der Waals surface area contributed by atoms with Crippen molar-refractivity contribution in [2.24, 2.45) is 0 Å². The Morgan fingerprint density at radius 1 is 1.42 bits per heavy atom. The standard InChI is InChI=1S/C11H10BrF3N4/c12-8-3-7(11(15)17-5-8)4-16-10-1-2-19(18-10)6-9(13)14/h1-3,5,9H,4,6H2,(H,16,18). The topological polar surface area (TPSA) is 42.7 Å². The van der Waals surface area contributed by atoms with E-state index in [0.29, 0.717) is 15.9 Å². The minimum absolute atomic E-state index is 0.171. The van der Waals surface area contributed by atoms with Gasteiger partial charge in [-0.1, -0.05) is 0 Å². The van der Waals surface area contributed by atoms with Gasteiger partial charge in [0.15, 0.2) is 0 Å². The quantitative estimate of drug-likeness (QED) is 0.854. The van der Waals surface area contributed by atoms with Gasteiger partial charge in [-0.25, -0.2) is 13.8 Å². The van der Waals surface area contributed by atoms with E-state index >= 15 is 0 Å². The maximum Gasteiger partial charge on any atom is 0.257 e. The molecule has 0 amide bonds. The molecule has 4 nitrogen and oxygen atoms in total. The first-order chi connectivity index (χ1) is 9.04. The van der Waals surface area contributed by atoms with Gasteiger partial charge in [0.25, 0.3) is 6.43 Å². The van der Waals surface area contributed by atoms with Gasteiger partial charge in [-0.2, -0.15) is 9.49 Å². The van der Waals surface area contributed by atoms with Crippen LogP contribution in [-0.4, -0.2) is 21.2 Å². The molecule has 0 unspecified atom stereocenters. The first-order valence-corrected chi connectivity index (χ1v) is 6.19. The summed E-state index contributed by atoms with van der Waals surface area (Å²) in [7, 11) is 0. The van der Waals surface area contributed by atoms with Crippen molar-refractivity contribution in [3.05, 3.63) is 40.5 Å². The SMILES string of the molecule is Fc1ncc(Br)cc1CNc1ccn(CC(F)F)n1. The van der Waals surface area contributed by atoms with Crippen molar-refractivity contribution in [2.75, 3.05) is 5.32 Å². The number of nitrogens with one attached hydrogen (secondary N) is 1. The second kappa shape index (κ2) is 6.05. The van der Waals surface area contributed by atoms with E-state index in [9.17, 15) is 13.2 Å². The molecule has 19 heavy (non-hydrogen) atoms. The number of anilines is 1. The Balaban J connectivity index is 1.98. The second-order valence-corrected chi connectivity index (χ2v) is 4.69. The van der Waals surface area contributed by atoms with Crippen molar-refractivity contribution in [2.45, 2.75) is 19.5 Å². The first-order valence-electron chi connectivity index (χ1n) is 5.40. The van der Waals surface area contributed by atoms with E-state index in [2.05, 4.69) is 31.3 Å². The van der Waals surface area contributed by atoms with Gasteiger partial charge < -0.3 is 5.32 Å². The van der Waals surface area contributed by atoms with Gasteiger partial charge in [-0.05, 0) is 22.0 Å². The average Bonchev–Trinajstić information content (AvgIpc) is 2.77. The lowest BCUT2D eigenvalue weighted by Gasteiger charge is -2.05. The molecule has 0 atom stereocenters. The van der Waals surface area contributed by atoms with Crippen LogP contribution in [0.25, 0.3) is 0 Å². The van der Waals surface area contributed by atoms with Gasteiger partial charge in [0.05, 0.1) is 0 Å². The third-order valence-corrected chi connectivity index (χ3v) is 2.74. The summed E-state index contributed by atoms with van der Waals surface area (Å²) in [5.41, 5.74) is 0.359. The van der Waals surface area contributed by atoms with E-state index in [0.717, 1.165) is 4.68 Å². The van der Waals surface area contributed by atoms with E-state index < -0.39 is 18.9 Å². The minimum atomic E-state index is -2.46. The molecule has 0 aliphatic rings. The van der Waals surface area contributed by atoms with E-state index in [-0.39, 0.29) is 6.54 Å². The molecule has 0 bridgehead atoms. The molecule has 0 saturated carbocycles. The zero-order chi connectivity index (χ0) is 13.8. The third kappa shape index (κ3) is 3.95. The first kappa shape index (κ1) is 13.9. The Morgan fingerprint density at radius 2 is 2.21 bits per heavy atom. The Bertz CT molecular complexity index is 559. The van der Waals surface area contributed by atoms with Crippen LogP contribution in [0.4, 0.5) is 19.0 Å². The van der Waals surface area contributed by atoms with E-state index in [1.54, 1.807) is 12.1 Å². The summed E-state index contributed by atoms with van der Waals surface area (Å²) >= 11 is 3.19. The van der Waals surface area contributed by atoms with Crippen LogP contribution in [-0.2, 0) is 13.1 Å². The number of halogens is 4. The molecule has 2 aromatic heterocycles. The average molecular weight is 335 g/mol. The highest BCUT2D eigenvalue weighted by Gasteiger charge is 2.07. The van der Waals surface area contributed by atoms with Gasteiger partial charge in [-0.3, -0.25) is 4.68 Å². The van der Waals surface area contributed by atoms with Crippen LogP contribution in [0.5, 0.6) is 0 Å². The molecule has 0 fully saturated rings. The second-order valence-electron chi connectivity index (χ2n) is 3.77. The molecule has 2 rings (SSSR count). The number of rotatable bonds is 5. The lowest BCUT2D eigenvalue weighted by molar-refractivity contribution is 0.122. The van der Waals surface area contributed by atoms with Crippen LogP contribution in [0.2, 0.25) is 0 Å². The predicted octanol–water partition coefficient (Wildman–Crippen LogP) is 3.06. The van der Waals surface area contributed by atoms with Crippen LogP contribution in [0, 0.1) is 5.95 Å². The highest BCUT2D eigenvalue weighted by atomic mass is 79.9. The zero-order valence-electron chi connectivity index (χ0n) is 9.65. The van der Waals surface area contributed by atoms with Crippen LogP contribution >= 0.6 is 15.9 Å². The van der Waals surface area contributed by atoms with Crippen LogP contribution in [0.15, 0.2) is 29.0 Å². The highest BCUT2D eigenvalue weighted by Crippen LogP contribution is 2.14. The molecular weight excluding hydrogens is 325 g/mol. The fourth-order valence-corrected chi connectivity index (χ4v) is 1.85. The molecule has 0 saturated heterocycles. The van der Waals surface area contributed by atoms with Crippen molar-refractivity contribution in [1.82, 2.24) is 14.8 Å². The minimum Gasteiger partial charge on any atom is -0.364 e. The summed E-state index contributed by atoms with van der Waals surface area (Å²) in [5, 5.41) is 6.73. The van der Waals surface area contributed by atoms with Crippen LogP contribution in [0.3, 0.4) is 0 Å². The highest BCUT2D eigenvalue weighted by molar-refractivity contribution is 9.10. The molecule has 8 heteroatoms. The molecule has 0 radical (unpaired) electrons.